The van der Waals surface area contributed by atoms with Crippen LogP contribution in [0.15, 0.2) is 6.20 Å². The SMILES string of the molecule is CCOC(CC)Cc1cn(COC)nn1. The van der Waals surface area contributed by atoms with Crippen molar-refractivity contribution in [3.63, 3.8) is 0 Å². The van der Waals surface area contributed by atoms with Crippen molar-refractivity contribution < 1.29 is 9.47 Å². The summed E-state index contributed by atoms with van der Waals surface area (Å²) in [5, 5.41) is 8.00. The molecule has 0 fully saturated rings. The predicted molar refractivity (Wildman–Crippen MR) is 56.4 cm³/mol. The molecule has 0 radical (unpaired) electrons. The molecule has 5 nitrogen and oxygen atoms in total. The van der Waals surface area contributed by atoms with Crippen LogP contribution in [0.2, 0.25) is 0 Å². The number of rotatable bonds is 7. The Balaban J connectivity index is 2.47. The van der Waals surface area contributed by atoms with Crippen LogP contribution in [0.1, 0.15) is 26.0 Å². The molecule has 0 N–H and O–H groups in total. The van der Waals surface area contributed by atoms with Gasteiger partial charge in [0.25, 0.3) is 0 Å². The van der Waals surface area contributed by atoms with Crippen molar-refractivity contribution in [3.8, 4) is 0 Å². The van der Waals surface area contributed by atoms with E-state index in [2.05, 4.69) is 17.2 Å². The highest BCUT2D eigenvalue weighted by Gasteiger charge is 2.09. The molecule has 1 heterocycles. The van der Waals surface area contributed by atoms with Crippen molar-refractivity contribution in [1.29, 1.82) is 0 Å². The molecule has 1 aromatic heterocycles. The first-order chi connectivity index (χ1) is 7.30. The second-order valence-corrected chi connectivity index (χ2v) is 3.36. The zero-order chi connectivity index (χ0) is 11.1. The maximum atomic E-state index is 5.56. The molecule has 1 unspecified atom stereocenters. The Kier molecular flexibility index (Phi) is 5.28. The number of hydrogen-bond acceptors (Lipinski definition) is 4. The largest absolute Gasteiger partial charge is 0.378 e. The minimum atomic E-state index is 0.239. The molecule has 1 atom stereocenters. The first kappa shape index (κ1) is 12.1. The average molecular weight is 213 g/mol. The van der Waals surface area contributed by atoms with Crippen molar-refractivity contribution in [2.24, 2.45) is 0 Å². The molecule has 5 heteroatoms. The van der Waals surface area contributed by atoms with Gasteiger partial charge in [-0.15, -0.1) is 5.10 Å². The first-order valence-electron chi connectivity index (χ1n) is 5.29. The Labute approximate surface area is 90.4 Å². The van der Waals surface area contributed by atoms with E-state index in [1.54, 1.807) is 11.8 Å². The van der Waals surface area contributed by atoms with E-state index < -0.39 is 0 Å². The smallest absolute Gasteiger partial charge is 0.140 e. The van der Waals surface area contributed by atoms with Crippen LogP contribution >= 0.6 is 0 Å². The van der Waals surface area contributed by atoms with Crippen LogP contribution in [0, 0.1) is 0 Å². The average Bonchev–Trinajstić information content (AvgIpc) is 2.66. The summed E-state index contributed by atoms with van der Waals surface area (Å²) in [6, 6.07) is 0. The van der Waals surface area contributed by atoms with Crippen LogP contribution in [-0.4, -0.2) is 34.8 Å². The van der Waals surface area contributed by atoms with Gasteiger partial charge in [-0.3, -0.25) is 0 Å². The van der Waals surface area contributed by atoms with Crippen LogP contribution in [0.25, 0.3) is 0 Å². The van der Waals surface area contributed by atoms with Gasteiger partial charge in [0.2, 0.25) is 0 Å². The van der Waals surface area contributed by atoms with Crippen LogP contribution in [-0.2, 0) is 22.6 Å². The van der Waals surface area contributed by atoms with Crippen LogP contribution in [0.4, 0.5) is 0 Å². The molecule has 0 saturated heterocycles. The third kappa shape index (κ3) is 3.97. The summed E-state index contributed by atoms with van der Waals surface area (Å²) in [4.78, 5) is 0. The van der Waals surface area contributed by atoms with Gasteiger partial charge in [0.05, 0.1) is 18.0 Å². The Bertz CT molecular complexity index is 275. The zero-order valence-electron chi connectivity index (χ0n) is 9.64. The summed E-state index contributed by atoms with van der Waals surface area (Å²) >= 11 is 0. The van der Waals surface area contributed by atoms with E-state index in [1.165, 1.54) is 0 Å². The summed E-state index contributed by atoms with van der Waals surface area (Å²) < 4.78 is 12.2. The Morgan fingerprint density at radius 1 is 1.47 bits per heavy atom. The molecule has 0 spiro atoms. The third-order valence-electron chi connectivity index (χ3n) is 2.14. The Hall–Kier alpha value is -0.940. The van der Waals surface area contributed by atoms with Gasteiger partial charge < -0.3 is 9.47 Å². The van der Waals surface area contributed by atoms with Crippen molar-refractivity contribution in [2.45, 2.75) is 39.5 Å². The lowest BCUT2D eigenvalue weighted by Crippen LogP contribution is -2.15. The van der Waals surface area contributed by atoms with Crippen LogP contribution < -0.4 is 0 Å². The number of hydrogen-bond donors (Lipinski definition) is 0. The zero-order valence-corrected chi connectivity index (χ0v) is 9.64. The van der Waals surface area contributed by atoms with E-state index in [9.17, 15) is 0 Å². The summed E-state index contributed by atoms with van der Waals surface area (Å²) in [7, 11) is 1.64. The minimum absolute atomic E-state index is 0.239. The lowest BCUT2D eigenvalue weighted by molar-refractivity contribution is 0.0600. The van der Waals surface area contributed by atoms with Gasteiger partial charge in [-0.2, -0.15) is 0 Å². The van der Waals surface area contributed by atoms with Gasteiger partial charge in [-0.25, -0.2) is 4.68 Å². The first-order valence-corrected chi connectivity index (χ1v) is 5.29. The van der Waals surface area contributed by atoms with Gasteiger partial charge in [-0.1, -0.05) is 12.1 Å². The highest BCUT2D eigenvalue weighted by molar-refractivity contribution is 4.94. The predicted octanol–water partition coefficient (Wildman–Crippen LogP) is 1.24. The standard InChI is InChI=1S/C10H19N3O2/c1-4-10(15-5-2)6-9-7-13(8-14-3)12-11-9/h7,10H,4-6,8H2,1-3H3. The van der Waals surface area contributed by atoms with Crippen molar-refractivity contribution in [1.82, 2.24) is 15.0 Å². The molecule has 1 rings (SSSR count). The highest BCUT2D eigenvalue weighted by atomic mass is 16.5. The molecule has 0 aliphatic carbocycles. The topological polar surface area (TPSA) is 49.2 Å². The van der Waals surface area contributed by atoms with Gasteiger partial charge >= 0.3 is 0 Å². The fourth-order valence-electron chi connectivity index (χ4n) is 1.42. The second kappa shape index (κ2) is 6.53. The quantitative estimate of drug-likeness (QED) is 0.683. The Morgan fingerprint density at radius 2 is 2.27 bits per heavy atom. The number of aromatic nitrogens is 3. The van der Waals surface area contributed by atoms with E-state index in [0.29, 0.717) is 6.73 Å². The van der Waals surface area contributed by atoms with Crippen molar-refractivity contribution in [2.75, 3.05) is 13.7 Å². The van der Waals surface area contributed by atoms with Gasteiger partial charge in [-0.05, 0) is 13.3 Å². The van der Waals surface area contributed by atoms with Crippen molar-refractivity contribution >= 4 is 0 Å². The molecule has 0 aliphatic heterocycles. The maximum absolute atomic E-state index is 5.56. The molecule has 15 heavy (non-hydrogen) atoms. The third-order valence-corrected chi connectivity index (χ3v) is 2.14. The van der Waals surface area contributed by atoms with Crippen molar-refractivity contribution in [3.05, 3.63) is 11.9 Å². The summed E-state index contributed by atoms with van der Waals surface area (Å²) in [6.45, 7) is 5.30. The normalized spacial score (nSPS) is 13.0. The van der Waals surface area contributed by atoms with E-state index in [-0.39, 0.29) is 6.10 Å². The monoisotopic (exact) mass is 213 g/mol. The number of nitrogens with zero attached hydrogens (tertiary/aromatic N) is 3. The number of ether oxygens (including phenoxy) is 2. The summed E-state index contributed by atoms with van der Waals surface area (Å²) in [5.74, 6) is 0. The highest BCUT2D eigenvalue weighted by Crippen LogP contribution is 2.06. The maximum Gasteiger partial charge on any atom is 0.140 e. The molecular weight excluding hydrogens is 194 g/mol. The summed E-state index contributed by atoms with van der Waals surface area (Å²) in [5.41, 5.74) is 0.951. The fourth-order valence-corrected chi connectivity index (χ4v) is 1.42. The van der Waals surface area contributed by atoms with E-state index >= 15 is 0 Å². The molecule has 0 aromatic carbocycles. The van der Waals surface area contributed by atoms with E-state index in [1.807, 2.05) is 13.1 Å². The molecular formula is C10H19N3O2. The molecule has 1 aromatic rings. The van der Waals surface area contributed by atoms with Gasteiger partial charge in [0, 0.05) is 20.1 Å². The fraction of sp³-hybridized carbons (Fsp3) is 0.800. The van der Waals surface area contributed by atoms with E-state index in [4.69, 9.17) is 9.47 Å². The molecule has 0 amide bonds. The lowest BCUT2D eigenvalue weighted by atomic mass is 10.1. The lowest BCUT2D eigenvalue weighted by Gasteiger charge is -2.12. The van der Waals surface area contributed by atoms with Crippen LogP contribution in [0.5, 0.6) is 0 Å². The molecule has 86 valence electrons. The van der Waals surface area contributed by atoms with Crippen LogP contribution in [0.3, 0.4) is 0 Å². The molecule has 0 bridgehead atoms. The Morgan fingerprint density at radius 3 is 2.87 bits per heavy atom. The second-order valence-electron chi connectivity index (χ2n) is 3.36. The minimum Gasteiger partial charge on any atom is -0.378 e. The molecule has 0 aliphatic rings. The summed E-state index contributed by atoms with van der Waals surface area (Å²) in [6.07, 6.45) is 3.94. The number of methoxy groups -OCH3 is 1. The van der Waals surface area contributed by atoms with Gasteiger partial charge in [0.15, 0.2) is 0 Å². The molecule has 0 saturated carbocycles. The van der Waals surface area contributed by atoms with Gasteiger partial charge in [0.1, 0.15) is 6.73 Å². The van der Waals surface area contributed by atoms with E-state index in [0.717, 1.165) is 25.1 Å².